The Morgan fingerprint density at radius 3 is 2.58 bits per heavy atom. The fraction of sp³-hybridized carbons (Fsp3) is 0.333. The fourth-order valence-corrected chi connectivity index (χ4v) is 1.05. The maximum atomic E-state index is 5.63. The number of rotatable bonds is 3. The van der Waals surface area contributed by atoms with Gasteiger partial charge in [-0.3, -0.25) is 0 Å². The Kier molecular flexibility index (Phi) is 2.94. The molecule has 0 saturated heterocycles. The van der Waals surface area contributed by atoms with Crippen LogP contribution in [-0.2, 0) is 11.3 Å². The highest BCUT2D eigenvalue weighted by atomic mass is 16.5. The molecule has 0 amide bonds. The lowest BCUT2D eigenvalue weighted by atomic mass is 10.2. The normalized spacial score (nSPS) is 9.83. The molecule has 66 valence electrons. The van der Waals surface area contributed by atoms with Crippen molar-refractivity contribution in [2.24, 2.45) is 0 Å². The second kappa shape index (κ2) is 3.97. The lowest BCUT2D eigenvalue weighted by Gasteiger charge is -2.05. The standard InChI is InChI=1S/C9H13NO2/c1-11-6-7-3-8(10)5-9(4-7)12-2/h3-5H,6,10H2,1-2H3. The SMILES string of the molecule is COCc1cc(N)cc(OC)c1. The van der Waals surface area contributed by atoms with Gasteiger partial charge < -0.3 is 15.2 Å². The van der Waals surface area contributed by atoms with Crippen molar-refractivity contribution < 1.29 is 9.47 Å². The van der Waals surface area contributed by atoms with Crippen molar-refractivity contribution in [2.45, 2.75) is 6.61 Å². The highest BCUT2D eigenvalue weighted by Crippen LogP contribution is 2.18. The quantitative estimate of drug-likeness (QED) is 0.692. The summed E-state index contributed by atoms with van der Waals surface area (Å²) in [6, 6.07) is 5.55. The van der Waals surface area contributed by atoms with Crippen LogP contribution in [0.2, 0.25) is 0 Å². The first-order valence-corrected chi connectivity index (χ1v) is 3.68. The first kappa shape index (κ1) is 8.87. The summed E-state index contributed by atoms with van der Waals surface area (Å²) in [6.07, 6.45) is 0. The largest absolute Gasteiger partial charge is 0.497 e. The second-order valence-electron chi connectivity index (χ2n) is 2.55. The van der Waals surface area contributed by atoms with Gasteiger partial charge in [0.2, 0.25) is 0 Å². The molecule has 0 heterocycles. The van der Waals surface area contributed by atoms with Crippen LogP contribution in [0, 0.1) is 0 Å². The van der Waals surface area contributed by atoms with Gasteiger partial charge in [0.15, 0.2) is 0 Å². The zero-order valence-corrected chi connectivity index (χ0v) is 7.33. The first-order chi connectivity index (χ1) is 5.76. The molecule has 0 spiro atoms. The Hall–Kier alpha value is -1.22. The lowest BCUT2D eigenvalue weighted by Crippen LogP contribution is -1.93. The Balaban J connectivity index is 2.90. The van der Waals surface area contributed by atoms with Crippen molar-refractivity contribution in [3.8, 4) is 5.75 Å². The number of methoxy groups -OCH3 is 2. The Bertz CT molecular complexity index is 261. The van der Waals surface area contributed by atoms with E-state index in [2.05, 4.69) is 0 Å². The highest BCUT2D eigenvalue weighted by Gasteiger charge is 1.97. The number of ether oxygens (including phenoxy) is 2. The average molecular weight is 167 g/mol. The lowest BCUT2D eigenvalue weighted by molar-refractivity contribution is 0.184. The van der Waals surface area contributed by atoms with Crippen LogP contribution < -0.4 is 10.5 Å². The van der Waals surface area contributed by atoms with E-state index >= 15 is 0 Å². The molecule has 1 rings (SSSR count). The number of anilines is 1. The molecule has 0 atom stereocenters. The van der Waals surface area contributed by atoms with Crippen molar-refractivity contribution >= 4 is 5.69 Å². The molecular weight excluding hydrogens is 154 g/mol. The molecule has 0 aliphatic rings. The summed E-state index contributed by atoms with van der Waals surface area (Å²) in [5, 5.41) is 0. The second-order valence-corrected chi connectivity index (χ2v) is 2.55. The molecule has 0 aromatic heterocycles. The van der Waals surface area contributed by atoms with E-state index in [0.717, 1.165) is 11.3 Å². The Labute approximate surface area is 72.1 Å². The molecule has 3 nitrogen and oxygen atoms in total. The third-order valence-electron chi connectivity index (χ3n) is 1.54. The van der Waals surface area contributed by atoms with Crippen molar-refractivity contribution in [1.29, 1.82) is 0 Å². The van der Waals surface area contributed by atoms with E-state index in [1.807, 2.05) is 12.1 Å². The van der Waals surface area contributed by atoms with Gasteiger partial charge in [0.1, 0.15) is 5.75 Å². The van der Waals surface area contributed by atoms with Gasteiger partial charge in [-0.25, -0.2) is 0 Å². The van der Waals surface area contributed by atoms with Crippen LogP contribution in [0.4, 0.5) is 5.69 Å². The van der Waals surface area contributed by atoms with E-state index in [-0.39, 0.29) is 0 Å². The number of hydrogen-bond donors (Lipinski definition) is 1. The first-order valence-electron chi connectivity index (χ1n) is 3.68. The van der Waals surface area contributed by atoms with Crippen LogP contribution in [-0.4, -0.2) is 14.2 Å². The smallest absolute Gasteiger partial charge is 0.121 e. The summed E-state index contributed by atoms with van der Waals surface area (Å²) < 4.78 is 10.0. The number of nitrogens with two attached hydrogens (primary N) is 1. The molecule has 1 aromatic rings. The van der Waals surface area contributed by atoms with Crippen LogP contribution in [0.15, 0.2) is 18.2 Å². The maximum absolute atomic E-state index is 5.63. The topological polar surface area (TPSA) is 44.5 Å². The third-order valence-corrected chi connectivity index (χ3v) is 1.54. The van der Waals surface area contributed by atoms with Gasteiger partial charge in [-0.2, -0.15) is 0 Å². The van der Waals surface area contributed by atoms with Gasteiger partial charge >= 0.3 is 0 Å². The van der Waals surface area contributed by atoms with Crippen LogP contribution in [0.25, 0.3) is 0 Å². The number of nitrogen functional groups attached to an aromatic ring is 1. The van der Waals surface area contributed by atoms with Crippen molar-refractivity contribution in [1.82, 2.24) is 0 Å². The van der Waals surface area contributed by atoms with Crippen molar-refractivity contribution in [2.75, 3.05) is 20.0 Å². The molecule has 0 saturated carbocycles. The third kappa shape index (κ3) is 2.13. The minimum absolute atomic E-state index is 0.557. The van der Waals surface area contributed by atoms with Crippen molar-refractivity contribution in [3.63, 3.8) is 0 Å². The minimum atomic E-state index is 0.557. The molecule has 0 fully saturated rings. The molecule has 3 heteroatoms. The van der Waals surface area contributed by atoms with Gasteiger partial charge in [0, 0.05) is 18.9 Å². The van der Waals surface area contributed by atoms with Crippen LogP contribution >= 0.6 is 0 Å². The summed E-state index contributed by atoms with van der Waals surface area (Å²) in [5.41, 5.74) is 7.35. The van der Waals surface area contributed by atoms with Crippen LogP contribution in [0.3, 0.4) is 0 Å². The van der Waals surface area contributed by atoms with Gasteiger partial charge in [-0.15, -0.1) is 0 Å². The minimum Gasteiger partial charge on any atom is -0.497 e. The van der Waals surface area contributed by atoms with E-state index < -0.39 is 0 Å². The monoisotopic (exact) mass is 167 g/mol. The van der Waals surface area contributed by atoms with E-state index in [9.17, 15) is 0 Å². The molecular formula is C9H13NO2. The summed E-state index contributed by atoms with van der Waals surface area (Å²) in [5.74, 6) is 0.766. The van der Waals surface area contributed by atoms with Gasteiger partial charge in [0.05, 0.1) is 13.7 Å². The molecule has 0 radical (unpaired) electrons. The van der Waals surface area contributed by atoms with Gasteiger partial charge in [-0.05, 0) is 17.7 Å². The summed E-state index contributed by atoms with van der Waals surface area (Å²) in [4.78, 5) is 0. The summed E-state index contributed by atoms with van der Waals surface area (Å²) in [7, 11) is 3.26. The summed E-state index contributed by atoms with van der Waals surface area (Å²) in [6.45, 7) is 0.557. The molecule has 1 aromatic carbocycles. The molecule has 0 unspecified atom stereocenters. The summed E-state index contributed by atoms with van der Waals surface area (Å²) >= 11 is 0. The van der Waals surface area contributed by atoms with Crippen LogP contribution in [0.1, 0.15) is 5.56 Å². The molecule has 0 aliphatic carbocycles. The van der Waals surface area contributed by atoms with E-state index in [1.165, 1.54) is 0 Å². The zero-order chi connectivity index (χ0) is 8.97. The van der Waals surface area contributed by atoms with Crippen molar-refractivity contribution in [3.05, 3.63) is 23.8 Å². The van der Waals surface area contributed by atoms with E-state index in [4.69, 9.17) is 15.2 Å². The van der Waals surface area contributed by atoms with Gasteiger partial charge in [-0.1, -0.05) is 0 Å². The highest BCUT2D eigenvalue weighted by molar-refractivity contribution is 5.47. The predicted molar refractivity (Wildman–Crippen MR) is 48.1 cm³/mol. The Morgan fingerprint density at radius 2 is 2.00 bits per heavy atom. The van der Waals surface area contributed by atoms with E-state index in [0.29, 0.717) is 12.3 Å². The number of hydrogen-bond acceptors (Lipinski definition) is 3. The Morgan fingerprint density at radius 1 is 1.25 bits per heavy atom. The average Bonchev–Trinajstić information content (AvgIpc) is 2.04. The maximum Gasteiger partial charge on any atom is 0.121 e. The van der Waals surface area contributed by atoms with Gasteiger partial charge in [0.25, 0.3) is 0 Å². The number of benzene rings is 1. The van der Waals surface area contributed by atoms with E-state index in [1.54, 1.807) is 20.3 Å². The molecule has 0 aliphatic heterocycles. The predicted octanol–water partition coefficient (Wildman–Crippen LogP) is 1.42. The molecule has 0 bridgehead atoms. The molecule has 12 heavy (non-hydrogen) atoms. The molecule has 2 N–H and O–H groups in total. The zero-order valence-electron chi connectivity index (χ0n) is 7.33. The van der Waals surface area contributed by atoms with Crippen LogP contribution in [0.5, 0.6) is 5.75 Å². The fourth-order valence-electron chi connectivity index (χ4n) is 1.05.